The highest BCUT2D eigenvalue weighted by molar-refractivity contribution is 7.99. The number of aromatic nitrogens is 2. The van der Waals surface area contributed by atoms with Crippen LogP contribution in [-0.2, 0) is 6.54 Å². The van der Waals surface area contributed by atoms with E-state index in [1.165, 1.54) is 5.69 Å². The molecule has 1 aliphatic rings. The van der Waals surface area contributed by atoms with Gasteiger partial charge in [0.25, 0.3) is 0 Å². The van der Waals surface area contributed by atoms with E-state index in [4.69, 9.17) is 0 Å². The third-order valence-corrected chi connectivity index (χ3v) is 4.43. The molecule has 1 fully saturated rings. The molecule has 5 nitrogen and oxygen atoms in total. The van der Waals surface area contributed by atoms with Crippen LogP contribution in [0.2, 0.25) is 0 Å². The van der Waals surface area contributed by atoms with E-state index in [0.29, 0.717) is 12.5 Å². The van der Waals surface area contributed by atoms with Gasteiger partial charge in [0.15, 0.2) is 0 Å². The van der Waals surface area contributed by atoms with Gasteiger partial charge >= 0.3 is 6.03 Å². The minimum absolute atomic E-state index is 0.0746. The van der Waals surface area contributed by atoms with Crippen molar-refractivity contribution in [3.8, 4) is 0 Å². The fourth-order valence-electron chi connectivity index (χ4n) is 2.36. The first-order valence-corrected chi connectivity index (χ1v) is 8.33. The Hall–Kier alpha value is -1.17. The first kappa shape index (κ1) is 15.2. The van der Waals surface area contributed by atoms with Gasteiger partial charge in [0.2, 0.25) is 0 Å². The lowest BCUT2D eigenvalue weighted by molar-refractivity contribution is 0.200. The summed E-state index contributed by atoms with van der Waals surface area (Å²) in [5.41, 5.74) is 2.22. The molecular formula is C14H24N4OS. The van der Waals surface area contributed by atoms with Crippen LogP contribution >= 0.6 is 11.8 Å². The Labute approximate surface area is 125 Å². The molecule has 20 heavy (non-hydrogen) atoms. The second-order valence-electron chi connectivity index (χ2n) is 5.50. The van der Waals surface area contributed by atoms with Crippen molar-refractivity contribution >= 4 is 17.8 Å². The van der Waals surface area contributed by atoms with Crippen LogP contribution in [-0.4, -0.2) is 51.9 Å². The van der Waals surface area contributed by atoms with Crippen LogP contribution in [0.3, 0.4) is 0 Å². The number of carbonyl (C=O) groups excluding carboxylic acids is 1. The molecule has 1 unspecified atom stereocenters. The number of thioether (sulfide) groups is 1. The molecule has 6 heteroatoms. The highest BCUT2D eigenvalue weighted by atomic mass is 32.2. The van der Waals surface area contributed by atoms with Crippen LogP contribution in [0.5, 0.6) is 0 Å². The molecule has 1 saturated heterocycles. The van der Waals surface area contributed by atoms with Gasteiger partial charge in [-0.2, -0.15) is 16.9 Å². The second-order valence-corrected chi connectivity index (χ2v) is 6.72. The highest BCUT2D eigenvalue weighted by Gasteiger charge is 2.17. The normalized spacial score (nSPS) is 17.1. The predicted octanol–water partition coefficient (Wildman–Crippen LogP) is 1.89. The summed E-state index contributed by atoms with van der Waals surface area (Å²) in [6.45, 7) is 9.48. The summed E-state index contributed by atoms with van der Waals surface area (Å²) in [4.78, 5) is 13.9. The molecule has 2 amide bonds. The van der Waals surface area contributed by atoms with E-state index in [-0.39, 0.29) is 6.03 Å². The molecular weight excluding hydrogens is 272 g/mol. The quantitative estimate of drug-likeness (QED) is 0.923. The summed E-state index contributed by atoms with van der Waals surface area (Å²) in [6, 6.07) is 2.15. The molecule has 0 spiro atoms. The number of rotatable bonds is 4. The van der Waals surface area contributed by atoms with E-state index < -0.39 is 0 Å². The van der Waals surface area contributed by atoms with E-state index in [1.54, 1.807) is 0 Å². The van der Waals surface area contributed by atoms with Crippen molar-refractivity contribution in [2.75, 3.05) is 31.1 Å². The van der Waals surface area contributed by atoms with Crippen LogP contribution in [0.25, 0.3) is 0 Å². The maximum atomic E-state index is 12.0. The summed E-state index contributed by atoms with van der Waals surface area (Å²) in [6.07, 6.45) is 0. The lowest BCUT2D eigenvalue weighted by atomic mass is 10.2. The number of aryl methyl sites for hydroxylation is 2. The molecule has 1 aromatic rings. The SMILES string of the molecule is Cc1cc(C)n(CC(C)CNC(=O)N2CCSCC2)n1. The van der Waals surface area contributed by atoms with Gasteiger partial charge in [-0.25, -0.2) is 4.79 Å². The minimum Gasteiger partial charge on any atom is -0.338 e. The van der Waals surface area contributed by atoms with Crippen molar-refractivity contribution in [3.05, 3.63) is 17.5 Å². The summed E-state index contributed by atoms with van der Waals surface area (Å²) in [5.74, 6) is 2.47. The molecule has 0 aliphatic carbocycles. The van der Waals surface area contributed by atoms with Crippen LogP contribution in [0.15, 0.2) is 6.07 Å². The number of urea groups is 1. The summed E-state index contributed by atoms with van der Waals surface area (Å²) < 4.78 is 2.02. The van der Waals surface area contributed by atoms with Crippen LogP contribution in [0.4, 0.5) is 4.79 Å². The Balaban J connectivity index is 1.75. The van der Waals surface area contributed by atoms with Gasteiger partial charge in [-0.1, -0.05) is 6.92 Å². The lowest BCUT2D eigenvalue weighted by Crippen LogP contribution is -2.45. The third kappa shape index (κ3) is 4.16. The highest BCUT2D eigenvalue weighted by Crippen LogP contribution is 2.09. The largest absolute Gasteiger partial charge is 0.338 e. The van der Waals surface area contributed by atoms with Gasteiger partial charge in [0.1, 0.15) is 0 Å². The van der Waals surface area contributed by atoms with Crippen molar-refractivity contribution < 1.29 is 4.79 Å². The molecule has 2 heterocycles. The van der Waals surface area contributed by atoms with Gasteiger partial charge in [-0.15, -0.1) is 0 Å². The number of amides is 2. The minimum atomic E-state index is 0.0746. The number of nitrogens with zero attached hydrogens (tertiary/aromatic N) is 3. The van der Waals surface area contributed by atoms with Gasteiger partial charge in [0.05, 0.1) is 5.69 Å². The predicted molar refractivity (Wildman–Crippen MR) is 83.2 cm³/mol. The zero-order valence-corrected chi connectivity index (χ0v) is 13.4. The number of carbonyl (C=O) groups is 1. The molecule has 0 saturated carbocycles. The van der Waals surface area contributed by atoms with E-state index in [9.17, 15) is 4.79 Å². The Morgan fingerprint density at radius 2 is 2.15 bits per heavy atom. The topological polar surface area (TPSA) is 50.2 Å². The van der Waals surface area contributed by atoms with Gasteiger partial charge < -0.3 is 10.2 Å². The van der Waals surface area contributed by atoms with Crippen LogP contribution in [0, 0.1) is 19.8 Å². The zero-order valence-electron chi connectivity index (χ0n) is 12.6. The molecule has 1 atom stereocenters. The molecule has 0 radical (unpaired) electrons. The molecule has 1 aliphatic heterocycles. The Kier molecular flexibility index (Phi) is 5.34. The summed E-state index contributed by atoms with van der Waals surface area (Å²) >= 11 is 1.91. The van der Waals surface area contributed by atoms with E-state index in [1.807, 2.05) is 28.3 Å². The Bertz CT molecular complexity index is 454. The van der Waals surface area contributed by atoms with Crippen molar-refractivity contribution in [2.45, 2.75) is 27.3 Å². The van der Waals surface area contributed by atoms with Crippen LogP contribution in [0.1, 0.15) is 18.3 Å². The van der Waals surface area contributed by atoms with Crippen LogP contribution < -0.4 is 5.32 Å². The zero-order chi connectivity index (χ0) is 14.5. The van der Waals surface area contributed by atoms with Gasteiger partial charge in [-0.05, 0) is 25.8 Å². The van der Waals surface area contributed by atoms with Crippen molar-refractivity contribution in [1.82, 2.24) is 20.0 Å². The Morgan fingerprint density at radius 3 is 2.75 bits per heavy atom. The first-order valence-electron chi connectivity index (χ1n) is 7.18. The summed E-state index contributed by atoms with van der Waals surface area (Å²) in [7, 11) is 0. The molecule has 0 bridgehead atoms. The van der Waals surface area contributed by atoms with E-state index in [2.05, 4.69) is 30.3 Å². The van der Waals surface area contributed by atoms with E-state index in [0.717, 1.165) is 36.8 Å². The van der Waals surface area contributed by atoms with Crippen molar-refractivity contribution in [2.24, 2.45) is 5.92 Å². The smallest absolute Gasteiger partial charge is 0.317 e. The summed E-state index contributed by atoms with van der Waals surface area (Å²) in [5, 5.41) is 7.49. The van der Waals surface area contributed by atoms with Crippen molar-refractivity contribution in [3.63, 3.8) is 0 Å². The maximum absolute atomic E-state index is 12.0. The second kappa shape index (κ2) is 7.02. The molecule has 1 aromatic heterocycles. The third-order valence-electron chi connectivity index (χ3n) is 3.49. The average molecular weight is 296 g/mol. The number of hydrogen-bond donors (Lipinski definition) is 1. The Morgan fingerprint density at radius 1 is 1.45 bits per heavy atom. The monoisotopic (exact) mass is 296 g/mol. The lowest BCUT2D eigenvalue weighted by Gasteiger charge is -2.27. The molecule has 2 rings (SSSR count). The average Bonchev–Trinajstić information content (AvgIpc) is 2.75. The fourth-order valence-corrected chi connectivity index (χ4v) is 3.26. The van der Waals surface area contributed by atoms with E-state index >= 15 is 0 Å². The fraction of sp³-hybridized carbons (Fsp3) is 0.714. The standard InChI is InChI=1S/C14H24N4OS/c1-11(10-18-13(3)8-12(2)16-18)9-15-14(19)17-4-6-20-7-5-17/h8,11H,4-7,9-10H2,1-3H3,(H,15,19). The molecule has 1 N–H and O–H groups in total. The number of nitrogens with one attached hydrogen (secondary N) is 1. The first-order chi connectivity index (χ1) is 9.56. The van der Waals surface area contributed by atoms with Gasteiger partial charge in [0, 0.05) is 43.4 Å². The number of hydrogen-bond acceptors (Lipinski definition) is 3. The van der Waals surface area contributed by atoms with Gasteiger partial charge in [-0.3, -0.25) is 4.68 Å². The molecule has 112 valence electrons. The maximum Gasteiger partial charge on any atom is 0.317 e. The van der Waals surface area contributed by atoms with Crippen molar-refractivity contribution in [1.29, 1.82) is 0 Å². The molecule has 0 aromatic carbocycles.